The number of nitrogens with one attached hydrogen (secondary N) is 2. The number of aliphatic hydroxyl groups excluding tert-OH is 1. The predicted molar refractivity (Wildman–Crippen MR) is 142 cm³/mol. The molecule has 3 amide bonds. The summed E-state index contributed by atoms with van der Waals surface area (Å²) in [6, 6.07) is 15.4. The van der Waals surface area contributed by atoms with Gasteiger partial charge in [-0.15, -0.1) is 11.8 Å². The lowest BCUT2D eigenvalue weighted by Gasteiger charge is -2.38. The van der Waals surface area contributed by atoms with Crippen molar-refractivity contribution in [2.45, 2.75) is 42.2 Å². The van der Waals surface area contributed by atoms with E-state index in [1.54, 1.807) is 40.9 Å². The Morgan fingerprint density at radius 3 is 2.42 bits per heavy atom. The lowest BCUT2D eigenvalue weighted by atomic mass is 9.66. The number of anilines is 2. The van der Waals surface area contributed by atoms with Gasteiger partial charge in [-0.1, -0.05) is 36.7 Å². The van der Waals surface area contributed by atoms with Crippen molar-refractivity contribution in [3.05, 3.63) is 59.6 Å². The van der Waals surface area contributed by atoms with Crippen LogP contribution in [0, 0.1) is 17.8 Å². The van der Waals surface area contributed by atoms with Crippen molar-refractivity contribution in [1.29, 1.82) is 0 Å². The zero-order valence-electron chi connectivity index (χ0n) is 20.0. The fourth-order valence-corrected chi connectivity index (χ4v) is 8.79. The van der Waals surface area contributed by atoms with Crippen LogP contribution in [0.5, 0.6) is 0 Å². The molecule has 0 radical (unpaired) electrons. The van der Waals surface area contributed by atoms with Gasteiger partial charge in [0.1, 0.15) is 6.04 Å². The van der Waals surface area contributed by atoms with E-state index in [0.29, 0.717) is 35.8 Å². The Hall–Kier alpha value is -2.55. The van der Waals surface area contributed by atoms with Crippen molar-refractivity contribution in [3.8, 4) is 0 Å². The largest absolute Gasteiger partial charge is 0.396 e. The SMILES string of the molecule is CC1C[C@@H]2SC13C(C(=O)Nc1ccc(Cl)cc1)N(CCCCO)C(=O)[C@@H]3[C@@H]2C(=O)Nc1ccccc1. The quantitative estimate of drug-likeness (QED) is 0.450. The summed E-state index contributed by atoms with van der Waals surface area (Å²) in [6.07, 6.45) is 1.89. The van der Waals surface area contributed by atoms with E-state index in [1.807, 2.05) is 30.3 Å². The Morgan fingerprint density at radius 2 is 1.72 bits per heavy atom. The van der Waals surface area contributed by atoms with Crippen molar-refractivity contribution in [2.75, 3.05) is 23.8 Å². The summed E-state index contributed by atoms with van der Waals surface area (Å²) in [6.45, 7) is 2.48. The molecule has 5 rings (SSSR count). The number of unbranched alkanes of at least 4 members (excludes halogenated alkanes) is 1. The molecule has 3 saturated heterocycles. The molecule has 9 heteroatoms. The normalized spacial score (nSPS) is 30.4. The summed E-state index contributed by atoms with van der Waals surface area (Å²) in [5.74, 6) is -1.55. The van der Waals surface area contributed by atoms with Gasteiger partial charge < -0.3 is 20.6 Å². The van der Waals surface area contributed by atoms with Gasteiger partial charge in [-0.2, -0.15) is 0 Å². The maximum absolute atomic E-state index is 14.0. The molecule has 36 heavy (non-hydrogen) atoms. The molecule has 3 unspecified atom stereocenters. The van der Waals surface area contributed by atoms with Crippen molar-refractivity contribution < 1.29 is 19.5 Å². The number of aliphatic hydroxyl groups is 1. The van der Waals surface area contributed by atoms with Crippen LogP contribution in [0.1, 0.15) is 26.2 Å². The number of nitrogens with zero attached hydrogens (tertiary/aromatic N) is 1. The van der Waals surface area contributed by atoms with Crippen molar-refractivity contribution in [3.63, 3.8) is 0 Å². The van der Waals surface area contributed by atoms with Crippen LogP contribution in [-0.2, 0) is 14.4 Å². The van der Waals surface area contributed by atoms with Crippen LogP contribution in [0.25, 0.3) is 0 Å². The molecule has 3 N–H and O–H groups in total. The summed E-state index contributed by atoms with van der Waals surface area (Å²) in [4.78, 5) is 43.0. The number of halogens is 1. The number of likely N-dealkylation sites (tertiary alicyclic amines) is 1. The molecule has 0 aromatic heterocycles. The predicted octanol–water partition coefficient (Wildman–Crippen LogP) is 4.03. The molecule has 0 saturated carbocycles. The van der Waals surface area contributed by atoms with Crippen LogP contribution in [0.2, 0.25) is 5.02 Å². The highest BCUT2D eigenvalue weighted by molar-refractivity contribution is 8.02. The highest BCUT2D eigenvalue weighted by atomic mass is 35.5. The molecule has 3 aliphatic rings. The molecule has 2 aromatic carbocycles. The summed E-state index contributed by atoms with van der Waals surface area (Å²) in [5.41, 5.74) is 1.30. The Balaban J connectivity index is 1.48. The number of fused-ring (bicyclic) bond motifs is 1. The molecule has 2 bridgehead atoms. The lowest BCUT2D eigenvalue weighted by Crippen LogP contribution is -2.54. The van der Waals surface area contributed by atoms with Gasteiger partial charge in [-0.3, -0.25) is 14.4 Å². The van der Waals surface area contributed by atoms with E-state index < -0.39 is 22.6 Å². The maximum atomic E-state index is 14.0. The third kappa shape index (κ3) is 4.19. The zero-order valence-corrected chi connectivity index (χ0v) is 21.6. The van der Waals surface area contributed by atoms with Crippen molar-refractivity contribution in [1.82, 2.24) is 4.90 Å². The van der Waals surface area contributed by atoms with Gasteiger partial charge >= 0.3 is 0 Å². The summed E-state index contributed by atoms with van der Waals surface area (Å²) < 4.78 is -0.684. The monoisotopic (exact) mass is 527 g/mol. The number of hydrogen-bond donors (Lipinski definition) is 3. The van der Waals surface area contributed by atoms with E-state index >= 15 is 0 Å². The average Bonchev–Trinajstić information content (AvgIpc) is 3.45. The van der Waals surface area contributed by atoms with Gasteiger partial charge in [-0.25, -0.2) is 0 Å². The number of carbonyl (C=O) groups excluding carboxylic acids is 3. The summed E-state index contributed by atoms with van der Waals surface area (Å²) in [7, 11) is 0. The minimum Gasteiger partial charge on any atom is -0.396 e. The first-order valence-electron chi connectivity index (χ1n) is 12.4. The second-order valence-corrected chi connectivity index (χ2v) is 11.9. The molecule has 2 aromatic rings. The summed E-state index contributed by atoms with van der Waals surface area (Å²) in [5, 5.41) is 15.8. The van der Waals surface area contributed by atoms with Crippen molar-refractivity contribution in [2.24, 2.45) is 17.8 Å². The summed E-state index contributed by atoms with van der Waals surface area (Å²) >= 11 is 7.65. The number of hydrogen-bond acceptors (Lipinski definition) is 5. The molecular formula is C27H30ClN3O4S. The lowest BCUT2D eigenvalue weighted by molar-refractivity contribution is -0.138. The Bertz CT molecular complexity index is 1150. The molecule has 0 aliphatic carbocycles. The second kappa shape index (κ2) is 10.1. The minimum atomic E-state index is -0.705. The van der Waals surface area contributed by atoms with Gasteiger partial charge in [0.2, 0.25) is 17.7 Å². The molecule has 190 valence electrons. The molecule has 6 atom stereocenters. The standard InChI is InChI=1S/C27H30ClN3O4S/c1-16-15-20-21(24(33)29-18-7-3-2-4-8-18)22-26(35)31(13-5-6-14-32)23(27(16,22)36-20)25(34)30-19-11-9-17(28)10-12-19/h2-4,7-12,16,20-23,32H,5-6,13-15H2,1H3,(H,29,33)(H,30,34)/t16?,20-,21+,22-,23?,27?/m0/s1. The first-order chi connectivity index (χ1) is 17.4. The van der Waals surface area contributed by atoms with Crippen LogP contribution >= 0.6 is 23.4 Å². The van der Waals surface area contributed by atoms with Gasteiger partial charge in [0.25, 0.3) is 0 Å². The zero-order chi connectivity index (χ0) is 25.4. The first-order valence-corrected chi connectivity index (χ1v) is 13.6. The number of para-hydroxylation sites is 1. The Kier molecular flexibility index (Phi) is 7.03. The van der Waals surface area contributed by atoms with E-state index in [2.05, 4.69) is 17.6 Å². The fraction of sp³-hybridized carbons (Fsp3) is 0.444. The van der Waals surface area contributed by atoms with Crippen LogP contribution in [0.15, 0.2) is 54.6 Å². The van der Waals surface area contributed by atoms with E-state index in [-0.39, 0.29) is 35.5 Å². The highest BCUT2D eigenvalue weighted by Crippen LogP contribution is 2.68. The molecule has 3 fully saturated rings. The van der Waals surface area contributed by atoms with E-state index in [9.17, 15) is 19.5 Å². The Labute approximate surface area is 220 Å². The Morgan fingerprint density at radius 1 is 1.06 bits per heavy atom. The molecule has 7 nitrogen and oxygen atoms in total. The molecule has 3 heterocycles. The molecule has 1 spiro atoms. The second-order valence-electron chi connectivity index (χ2n) is 9.87. The number of amides is 3. The highest BCUT2D eigenvalue weighted by Gasteiger charge is 2.75. The molecule has 3 aliphatic heterocycles. The maximum Gasteiger partial charge on any atom is 0.248 e. The smallest absolute Gasteiger partial charge is 0.248 e. The average molecular weight is 528 g/mol. The number of benzene rings is 2. The first kappa shape index (κ1) is 25.1. The van der Waals surface area contributed by atoms with Gasteiger partial charge in [-0.05, 0) is 61.6 Å². The van der Waals surface area contributed by atoms with Crippen LogP contribution in [0.4, 0.5) is 11.4 Å². The van der Waals surface area contributed by atoms with Crippen molar-refractivity contribution >= 4 is 52.5 Å². The van der Waals surface area contributed by atoms with E-state index in [4.69, 9.17) is 11.6 Å². The van der Waals surface area contributed by atoms with Crippen LogP contribution < -0.4 is 10.6 Å². The van der Waals surface area contributed by atoms with Crippen LogP contribution in [0.3, 0.4) is 0 Å². The third-order valence-corrected chi connectivity index (χ3v) is 10.1. The van der Waals surface area contributed by atoms with E-state index in [0.717, 1.165) is 6.42 Å². The fourth-order valence-electron chi connectivity index (χ4n) is 6.25. The van der Waals surface area contributed by atoms with Gasteiger partial charge in [0.15, 0.2) is 0 Å². The van der Waals surface area contributed by atoms with Gasteiger partial charge in [0, 0.05) is 34.8 Å². The van der Waals surface area contributed by atoms with E-state index in [1.165, 1.54) is 0 Å². The van der Waals surface area contributed by atoms with Gasteiger partial charge in [0.05, 0.1) is 16.6 Å². The number of carbonyl (C=O) groups is 3. The number of rotatable bonds is 8. The third-order valence-electron chi connectivity index (χ3n) is 7.76. The topological polar surface area (TPSA) is 98.7 Å². The molecular weight excluding hydrogens is 498 g/mol. The minimum absolute atomic E-state index is 0.0214. The number of thioether (sulfide) groups is 1. The van der Waals surface area contributed by atoms with Crippen LogP contribution in [-0.4, -0.2) is 56.9 Å².